The van der Waals surface area contributed by atoms with Crippen molar-refractivity contribution in [3.05, 3.63) is 47.1 Å². The highest BCUT2D eigenvalue weighted by Gasteiger charge is 2.22. The monoisotopic (exact) mass is 450 g/mol. The number of nitrogens with zero attached hydrogens (tertiary/aromatic N) is 3. The summed E-state index contributed by atoms with van der Waals surface area (Å²) in [7, 11) is 0. The van der Waals surface area contributed by atoms with Gasteiger partial charge < -0.3 is 10.1 Å². The maximum atomic E-state index is 13.0. The Morgan fingerprint density at radius 1 is 1.10 bits per heavy atom. The molecule has 1 N–H and O–H groups in total. The van der Waals surface area contributed by atoms with Crippen LogP contribution in [0.1, 0.15) is 24.2 Å². The molecule has 30 heavy (non-hydrogen) atoms. The minimum atomic E-state index is -3.08. The maximum absolute atomic E-state index is 13.0. The van der Waals surface area contributed by atoms with E-state index in [1.165, 1.54) is 24.3 Å². The molecule has 6 nitrogen and oxygen atoms in total. The average molecular weight is 450 g/mol. The summed E-state index contributed by atoms with van der Waals surface area (Å²) >= 11 is 1.03. The number of halogens is 6. The molecule has 2 heterocycles. The molecule has 0 aliphatic carbocycles. The third-order valence-electron chi connectivity index (χ3n) is 3.70. The summed E-state index contributed by atoms with van der Waals surface area (Å²) in [6, 6.07) is 6.17. The molecule has 13 heteroatoms. The second-order valence-corrected chi connectivity index (χ2v) is 6.60. The lowest BCUT2D eigenvalue weighted by Gasteiger charge is -2.06. The third-order valence-corrected chi connectivity index (χ3v) is 4.45. The van der Waals surface area contributed by atoms with Gasteiger partial charge in [0.25, 0.3) is 12.9 Å². The molecule has 0 unspecified atom stereocenters. The molecule has 3 rings (SSSR count). The number of nitrogens with one attached hydrogen (secondary N) is 1. The highest BCUT2D eigenvalue weighted by Crippen LogP contribution is 2.28. The molecule has 3 aromatic rings. The van der Waals surface area contributed by atoms with Crippen LogP contribution in [0.5, 0.6) is 5.75 Å². The summed E-state index contributed by atoms with van der Waals surface area (Å²) in [5, 5.41) is 7.41. The van der Waals surface area contributed by atoms with Gasteiger partial charge in [0.05, 0.1) is 5.69 Å². The fraction of sp³-hybridized carbons (Fsp3) is 0.235. The van der Waals surface area contributed by atoms with Gasteiger partial charge in [-0.05, 0) is 30.3 Å². The first-order valence-electron chi connectivity index (χ1n) is 8.17. The van der Waals surface area contributed by atoms with E-state index in [0.29, 0.717) is 22.0 Å². The quantitative estimate of drug-likeness (QED) is 0.484. The fourth-order valence-electron chi connectivity index (χ4n) is 2.43. The van der Waals surface area contributed by atoms with Crippen molar-refractivity contribution < 1.29 is 35.9 Å². The molecule has 2 aromatic heterocycles. The smallest absolute Gasteiger partial charge is 0.387 e. The Balaban J connectivity index is 1.67. The molecule has 1 amide bonds. The van der Waals surface area contributed by atoms with Crippen molar-refractivity contribution in [2.45, 2.75) is 26.0 Å². The van der Waals surface area contributed by atoms with Crippen LogP contribution >= 0.6 is 11.3 Å². The highest BCUT2D eigenvalue weighted by atomic mass is 32.1. The van der Waals surface area contributed by atoms with Crippen molar-refractivity contribution in [3.8, 4) is 17.0 Å². The predicted molar refractivity (Wildman–Crippen MR) is 95.0 cm³/mol. The van der Waals surface area contributed by atoms with E-state index >= 15 is 0 Å². The number of amides is 1. The number of ether oxygens (including phenoxy) is 1. The van der Waals surface area contributed by atoms with Gasteiger partial charge in [0, 0.05) is 10.9 Å². The van der Waals surface area contributed by atoms with E-state index in [1.807, 2.05) is 0 Å². The molecular weight excluding hydrogens is 438 g/mol. The van der Waals surface area contributed by atoms with Gasteiger partial charge in [0.15, 0.2) is 5.13 Å². The molecule has 0 aliphatic heterocycles. The summed E-state index contributed by atoms with van der Waals surface area (Å²) in [5.41, 5.74) is -0.673. The van der Waals surface area contributed by atoms with Crippen molar-refractivity contribution in [2.75, 3.05) is 5.32 Å². The van der Waals surface area contributed by atoms with Gasteiger partial charge in [0.1, 0.15) is 23.7 Å². The van der Waals surface area contributed by atoms with Crippen molar-refractivity contribution in [1.82, 2.24) is 14.8 Å². The minimum Gasteiger partial charge on any atom is -0.435 e. The molecule has 0 saturated carbocycles. The topological polar surface area (TPSA) is 69.0 Å². The van der Waals surface area contributed by atoms with Gasteiger partial charge in [-0.2, -0.15) is 13.9 Å². The zero-order chi connectivity index (χ0) is 21.8. The van der Waals surface area contributed by atoms with Gasteiger partial charge in [-0.15, -0.1) is 11.3 Å². The molecule has 0 saturated heterocycles. The first kappa shape index (κ1) is 21.6. The van der Waals surface area contributed by atoms with Gasteiger partial charge in [-0.1, -0.05) is 0 Å². The van der Waals surface area contributed by atoms with Crippen LogP contribution in [0, 0.1) is 0 Å². The van der Waals surface area contributed by atoms with E-state index in [0.717, 1.165) is 11.3 Å². The Morgan fingerprint density at radius 2 is 1.80 bits per heavy atom. The molecule has 0 bridgehead atoms. The molecule has 0 radical (unpaired) electrons. The normalized spacial score (nSPS) is 11.5. The molecular formula is C17H12F6N4O2S. The maximum Gasteiger partial charge on any atom is 0.387 e. The van der Waals surface area contributed by atoms with Crippen molar-refractivity contribution in [2.24, 2.45) is 0 Å². The second-order valence-electron chi connectivity index (χ2n) is 5.74. The Morgan fingerprint density at radius 3 is 2.40 bits per heavy atom. The number of aromatic nitrogens is 3. The van der Waals surface area contributed by atoms with Gasteiger partial charge in [-0.3, -0.25) is 9.48 Å². The number of hydrogen-bond donors (Lipinski definition) is 1. The van der Waals surface area contributed by atoms with E-state index in [1.54, 1.807) is 5.38 Å². The molecule has 0 aliphatic rings. The van der Waals surface area contributed by atoms with Crippen LogP contribution in [-0.4, -0.2) is 27.3 Å². The number of carbonyl (C=O) groups excluding carboxylic acids is 1. The van der Waals surface area contributed by atoms with E-state index < -0.39 is 43.3 Å². The number of carbonyl (C=O) groups is 1. The molecule has 0 atom stereocenters. The SMILES string of the molecule is O=C(Cn1nc(C(F)F)cc1C(F)F)Nc1nc(-c2ccc(OC(F)F)cc2)cs1. The average Bonchev–Trinajstić information content (AvgIpc) is 3.29. The Bertz CT molecular complexity index is 1010. The molecule has 0 fully saturated rings. The van der Waals surface area contributed by atoms with E-state index in [2.05, 4.69) is 20.1 Å². The Hall–Kier alpha value is -3.09. The minimum absolute atomic E-state index is 0.0327. The number of alkyl halides is 6. The number of anilines is 1. The lowest BCUT2D eigenvalue weighted by Crippen LogP contribution is -2.21. The number of thiazole rings is 1. The summed E-state index contributed by atoms with van der Waals surface area (Å²) in [4.78, 5) is 16.2. The van der Waals surface area contributed by atoms with Gasteiger partial charge in [0.2, 0.25) is 5.91 Å². The van der Waals surface area contributed by atoms with Crippen LogP contribution in [0.15, 0.2) is 35.7 Å². The van der Waals surface area contributed by atoms with E-state index in [-0.39, 0.29) is 10.9 Å². The number of rotatable bonds is 8. The summed E-state index contributed by atoms with van der Waals surface area (Å²) in [6.07, 6.45) is -6.13. The fourth-order valence-corrected chi connectivity index (χ4v) is 3.16. The van der Waals surface area contributed by atoms with Crippen molar-refractivity contribution in [1.29, 1.82) is 0 Å². The first-order chi connectivity index (χ1) is 14.2. The van der Waals surface area contributed by atoms with Crippen LogP contribution in [0.2, 0.25) is 0 Å². The first-order valence-corrected chi connectivity index (χ1v) is 9.05. The largest absolute Gasteiger partial charge is 0.435 e. The van der Waals surface area contributed by atoms with Crippen LogP contribution in [0.25, 0.3) is 11.3 Å². The summed E-state index contributed by atoms with van der Waals surface area (Å²) in [5.74, 6) is -0.822. The zero-order valence-electron chi connectivity index (χ0n) is 14.7. The van der Waals surface area contributed by atoms with Crippen LogP contribution in [0.4, 0.5) is 31.5 Å². The summed E-state index contributed by atoms with van der Waals surface area (Å²) < 4.78 is 80.4. The van der Waals surface area contributed by atoms with Crippen molar-refractivity contribution in [3.63, 3.8) is 0 Å². The van der Waals surface area contributed by atoms with E-state index in [4.69, 9.17) is 0 Å². The lowest BCUT2D eigenvalue weighted by atomic mass is 10.2. The lowest BCUT2D eigenvalue weighted by molar-refractivity contribution is -0.117. The third kappa shape index (κ3) is 5.28. The van der Waals surface area contributed by atoms with E-state index in [9.17, 15) is 31.1 Å². The molecule has 0 spiro atoms. The zero-order valence-corrected chi connectivity index (χ0v) is 15.6. The predicted octanol–water partition coefficient (Wildman–Crippen LogP) is 5.12. The Kier molecular flexibility index (Phi) is 6.59. The molecule has 160 valence electrons. The summed E-state index contributed by atoms with van der Waals surface area (Å²) in [6.45, 7) is -3.66. The van der Waals surface area contributed by atoms with Gasteiger partial charge >= 0.3 is 6.61 Å². The number of benzene rings is 1. The second kappa shape index (κ2) is 9.15. The number of hydrogen-bond acceptors (Lipinski definition) is 5. The van der Waals surface area contributed by atoms with Crippen LogP contribution in [-0.2, 0) is 11.3 Å². The molecule has 1 aromatic carbocycles. The standard InChI is InChI=1S/C17H12F6N4O2S/c18-14(19)10-5-12(15(20)21)27(26-10)6-13(28)25-17-24-11(7-30-17)8-1-3-9(4-2-8)29-16(22)23/h1-5,7,14-16H,6H2,(H,24,25,28). The Labute approximate surface area is 169 Å². The van der Waals surface area contributed by atoms with Crippen LogP contribution in [0.3, 0.4) is 0 Å². The van der Waals surface area contributed by atoms with Crippen LogP contribution < -0.4 is 10.1 Å². The van der Waals surface area contributed by atoms with Gasteiger partial charge in [-0.25, -0.2) is 22.5 Å². The van der Waals surface area contributed by atoms with Crippen molar-refractivity contribution >= 4 is 22.4 Å². The highest BCUT2D eigenvalue weighted by molar-refractivity contribution is 7.14.